The summed E-state index contributed by atoms with van der Waals surface area (Å²) < 4.78 is 13.9. The zero-order valence-corrected chi connectivity index (χ0v) is 13.1. The third-order valence-corrected chi connectivity index (χ3v) is 3.48. The number of nitrogens with one attached hydrogen (secondary N) is 2. The van der Waals surface area contributed by atoms with Gasteiger partial charge >= 0.3 is 0 Å². The van der Waals surface area contributed by atoms with E-state index in [-0.39, 0.29) is 5.82 Å². The second kappa shape index (κ2) is 6.80. The number of nitrogens with two attached hydrogens (primary N) is 1. The molecule has 0 saturated heterocycles. The minimum Gasteiger partial charge on any atom is -0.339 e. The van der Waals surface area contributed by atoms with E-state index < -0.39 is 0 Å². The molecule has 0 radical (unpaired) electrons. The number of hydrazine groups is 1. The summed E-state index contributed by atoms with van der Waals surface area (Å²) in [4.78, 5) is 8.69. The molecule has 4 N–H and O–H groups in total. The highest BCUT2D eigenvalue weighted by molar-refractivity contribution is 14.1. The molecular weight excluding hydrogens is 372 g/mol. The van der Waals surface area contributed by atoms with Gasteiger partial charge in [0.25, 0.3) is 0 Å². The third kappa shape index (κ3) is 3.76. The monoisotopic (exact) mass is 387 g/mol. The van der Waals surface area contributed by atoms with Crippen molar-refractivity contribution in [3.63, 3.8) is 0 Å². The smallest absolute Gasteiger partial charge is 0.145 e. The van der Waals surface area contributed by atoms with Gasteiger partial charge < -0.3 is 10.7 Å². The maximum atomic E-state index is 13.1. The van der Waals surface area contributed by atoms with Gasteiger partial charge in [-0.15, -0.1) is 0 Å². The fourth-order valence-corrected chi connectivity index (χ4v) is 2.31. The van der Waals surface area contributed by atoms with E-state index in [2.05, 4.69) is 50.2 Å². The SMILES string of the molecule is CCCc1nc(NN)cc(Nc2ccc(F)cc2I)n1. The molecule has 7 heteroatoms. The first-order valence-electron chi connectivity index (χ1n) is 6.19. The lowest BCUT2D eigenvalue weighted by molar-refractivity contribution is 0.627. The van der Waals surface area contributed by atoms with Gasteiger partial charge in [-0.3, -0.25) is 0 Å². The number of rotatable bonds is 5. The van der Waals surface area contributed by atoms with Crippen LogP contribution in [-0.2, 0) is 6.42 Å². The first-order valence-corrected chi connectivity index (χ1v) is 7.27. The van der Waals surface area contributed by atoms with Crippen molar-refractivity contribution >= 4 is 39.9 Å². The largest absolute Gasteiger partial charge is 0.339 e. The normalized spacial score (nSPS) is 10.4. The van der Waals surface area contributed by atoms with Gasteiger partial charge in [-0.1, -0.05) is 6.92 Å². The predicted molar refractivity (Wildman–Crippen MR) is 86.2 cm³/mol. The van der Waals surface area contributed by atoms with E-state index in [4.69, 9.17) is 5.84 Å². The Morgan fingerprint density at radius 3 is 2.65 bits per heavy atom. The van der Waals surface area contributed by atoms with E-state index in [1.165, 1.54) is 12.1 Å². The fourth-order valence-electron chi connectivity index (χ4n) is 1.70. The van der Waals surface area contributed by atoms with Crippen LogP contribution in [0.25, 0.3) is 0 Å². The van der Waals surface area contributed by atoms with Crippen molar-refractivity contribution in [3.05, 3.63) is 39.5 Å². The van der Waals surface area contributed by atoms with E-state index >= 15 is 0 Å². The Bertz CT molecular complexity index is 605. The number of benzene rings is 1. The molecule has 5 nitrogen and oxygen atoms in total. The maximum absolute atomic E-state index is 13.1. The molecule has 0 unspecified atom stereocenters. The Kier molecular flexibility index (Phi) is 5.07. The zero-order chi connectivity index (χ0) is 14.5. The molecule has 0 amide bonds. The Labute approximate surface area is 130 Å². The van der Waals surface area contributed by atoms with E-state index in [0.29, 0.717) is 17.5 Å². The van der Waals surface area contributed by atoms with Crippen molar-refractivity contribution in [2.45, 2.75) is 19.8 Å². The summed E-state index contributed by atoms with van der Waals surface area (Å²) in [6.45, 7) is 2.06. The first-order chi connectivity index (χ1) is 9.62. The Balaban J connectivity index is 2.29. The summed E-state index contributed by atoms with van der Waals surface area (Å²) in [5, 5.41) is 3.15. The molecule has 2 rings (SSSR count). The van der Waals surface area contributed by atoms with Crippen LogP contribution in [0.5, 0.6) is 0 Å². The quantitative estimate of drug-likeness (QED) is 0.417. The molecule has 0 fully saturated rings. The molecule has 1 aromatic carbocycles. The zero-order valence-electron chi connectivity index (χ0n) is 11.0. The highest BCUT2D eigenvalue weighted by atomic mass is 127. The number of aryl methyl sites for hydroxylation is 1. The van der Waals surface area contributed by atoms with Crippen molar-refractivity contribution in [1.82, 2.24) is 9.97 Å². The Hall–Kier alpha value is -1.48. The van der Waals surface area contributed by atoms with Crippen LogP contribution >= 0.6 is 22.6 Å². The highest BCUT2D eigenvalue weighted by Gasteiger charge is 2.06. The molecule has 106 valence electrons. The summed E-state index contributed by atoms with van der Waals surface area (Å²) in [6.07, 6.45) is 1.71. The molecule has 0 atom stereocenters. The van der Waals surface area contributed by atoms with Crippen LogP contribution in [0.15, 0.2) is 24.3 Å². The van der Waals surface area contributed by atoms with Crippen molar-refractivity contribution in [1.29, 1.82) is 0 Å². The molecule has 20 heavy (non-hydrogen) atoms. The number of nitrogen functional groups attached to an aromatic ring is 1. The van der Waals surface area contributed by atoms with E-state index in [0.717, 1.165) is 22.1 Å². The van der Waals surface area contributed by atoms with Crippen molar-refractivity contribution in [3.8, 4) is 0 Å². The highest BCUT2D eigenvalue weighted by Crippen LogP contribution is 2.23. The maximum Gasteiger partial charge on any atom is 0.145 e. The number of halogens is 2. The number of hydrogen-bond acceptors (Lipinski definition) is 5. The second-order valence-corrected chi connectivity index (χ2v) is 5.36. The molecule has 0 spiro atoms. The van der Waals surface area contributed by atoms with Crippen molar-refractivity contribution in [2.75, 3.05) is 10.7 Å². The van der Waals surface area contributed by atoms with Gasteiger partial charge in [-0.25, -0.2) is 20.2 Å². The Morgan fingerprint density at radius 2 is 2.00 bits per heavy atom. The summed E-state index contributed by atoms with van der Waals surface area (Å²) in [7, 11) is 0. The van der Waals surface area contributed by atoms with Crippen LogP contribution in [0.2, 0.25) is 0 Å². The molecule has 2 aromatic rings. The molecule has 0 bridgehead atoms. The molecule has 1 heterocycles. The van der Waals surface area contributed by atoms with Crippen LogP contribution in [0.4, 0.5) is 21.7 Å². The van der Waals surface area contributed by atoms with Crippen LogP contribution in [0.1, 0.15) is 19.2 Å². The summed E-state index contributed by atoms with van der Waals surface area (Å²) in [5.41, 5.74) is 3.31. The van der Waals surface area contributed by atoms with Crippen molar-refractivity contribution in [2.24, 2.45) is 5.84 Å². The standard InChI is InChI=1S/C13H15FIN5/c1-2-3-11-18-12(7-13(19-11)20-16)17-10-5-4-8(14)6-9(10)15/h4-7H,2-3,16H2,1H3,(H2,17,18,19,20). The number of hydrogen-bond donors (Lipinski definition) is 3. The summed E-state index contributed by atoms with van der Waals surface area (Å²) >= 11 is 2.07. The lowest BCUT2D eigenvalue weighted by atomic mass is 10.3. The molecule has 0 aliphatic carbocycles. The van der Waals surface area contributed by atoms with E-state index in [9.17, 15) is 4.39 Å². The van der Waals surface area contributed by atoms with Gasteiger partial charge in [0, 0.05) is 16.1 Å². The third-order valence-electron chi connectivity index (χ3n) is 2.59. The van der Waals surface area contributed by atoms with Gasteiger partial charge in [0.2, 0.25) is 0 Å². The van der Waals surface area contributed by atoms with Gasteiger partial charge in [-0.05, 0) is 47.2 Å². The number of anilines is 3. The van der Waals surface area contributed by atoms with Crippen LogP contribution in [0.3, 0.4) is 0 Å². The molecule has 0 saturated carbocycles. The summed E-state index contributed by atoms with van der Waals surface area (Å²) in [5.74, 6) is 7.02. The number of aromatic nitrogens is 2. The summed E-state index contributed by atoms with van der Waals surface area (Å²) in [6, 6.07) is 6.24. The minimum absolute atomic E-state index is 0.265. The lowest BCUT2D eigenvalue weighted by Gasteiger charge is -2.11. The van der Waals surface area contributed by atoms with E-state index in [1.54, 1.807) is 12.1 Å². The topological polar surface area (TPSA) is 75.9 Å². The number of nitrogens with zero attached hydrogens (tertiary/aromatic N) is 2. The first kappa shape index (κ1) is 14.9. The van der Waals surface area contributed by atoms with Gasteiger partial charge in [0.15, 0.2) is 0 Å². The van der Waals surface area contributed by atoms with Gasteiger partial charge in [-0.2, -0.15) is 0 Å². The van der Waals surface area contributed by atoms with Gasteiger partial charge in [0.1, 0.15) is 23.3 Å². The molecule has 0 aliphatic rings. The lowest BCUT2D eigenvalue weighted by Crippen LogP contribution is -2.11. The van der Waals surface area contributed by atoms with Gasteiger partial charge in [0.05, 0.1) is 5.69 Å². The predicted octanol–water partition coefficient (Wildman–Crippen LogP) is 3.20. The second-order valence-electron chi connectivity index (χ2n) is 4.20. The average Bonchev–Trinajstić information content (AvgIpc) is 2.42. The Morgan fingerprint density at radius 1 is 1.25 bits per heavy atom. The fraction of sp³-hybridized carbons (Fsp3) is 0.231. The van der Waals surface area contributed by atoms with E-state index in [1.807, 2.05) is 0 Å². The van der Waals surface area contributed by atoms with Crippen LogP contribution in [0, 0.1) is 9.39 Å². The average molecular weight is 387 g/mol. The van der Waals surface area contributed by atoms with Crippen LogP contribution < -0.4 is 16.6 Å². The molecule has 0 aliphatic heterocycles. The molecular formula is C13H15FIN5. The minimum atomic E-state index is -0.265. The molecule has 1 aromatic heterocycles. The van der Waals surface area contributed by atoms with Crippen LogP contribution in [-0.4, -0.2) is 9.97 Å². The van der Waals surface area contributed by atoms with Crippen molar-refractivity contribution < 1.29 is 4.39 Å².